The van der Waals surface area contributed by atoms with Crippen molar-refractivity contribution in [3.05, 3.63) is 63.6 Å². The number of halogens is 2. The molecule has 5 nitrogen and oxygen atoms in total. The van der Waals surface area contributed by atoms with Gasteiger partial charge in [0, 0.05) is 28.7 Å². The van der Waals surface area contributed by atoms with Gasteiger partial charge in [-0.15, -0.1) is 10.2 Å². The minimum Gasteiger partial charge on any atom is -0.322 e. The van der Waals surface area contributed by atoms with Gasteiger partial charge in [0.25, 0.3) is 5.91 Å². The lowest BCUT2D eigenvalue weighted by Crippen LogP contribution is -2.14. The molecule has 0 spiro atoms. The fraction of sp³-hybridized carbons (Fsp3) is 0.286. The van der Waals surface area contributed by atoms with E-state index in [1.807, 2.05) is 25.1 Å². The Morgan fingerprint density at radius 2 is 2.00 bits per heavy atom. The van der Waals surface area contributed by atoms with E-state index in [0.29, 0.717) is 15.7 Å². The van der Waals surface area contributed by atoms with Gasteiger partial charge in [-0.3, -0.25) is 4.79 Å². The number of nitrogens with zero attached hydrogens (tertiary/aromatic N) is 3. The van der Waals surface area contributed by atoms with Crippen molar-refractivity contribution in [1.82, 2.24) is 14.8 Å². The quantitative estimate of drug-likeness (QED) is 0.611. The maximum atomic E-state index is 13.3. The summed E-state index contributed by atoms with van der Waals surface area (Å²) in [5, 5.41) is 11.7. The second-order valence-corrected chi connectivity index (χ2v) is 7.86. The van der Waals surface area contributed by atoms with E-state index in [9.17, 15) is 9.18 Å². The molecular weight excluding hydrogens is 423 g/mol. The zero-order valence-electron chi connectivity index (χ0n) is 15.5. The van der Waals surface area contributed by atoms with E-state index in [0.717, 1.165) is 48.6 Å². The van der Waals surface area contributed by atoms with Crippen molar-refractivity contribution in [2.24, 2.45) is 0 Å². The number of aromatic nitrogens is 3. The molecule has 0 fully saturated rings. The highest BCUT2D eigenvalue weighted by molar-refractivity contribution is 9.10. The van der Waals surface area contributed by atoms with E-state index in [2.05, 4.69) is 36.0 Å². The molecule has 0 bridgehead atoms. The summed E-state index contributed by atoms with van der Waals surface area (Å²) in [6.07, 6.45) is 4.40. The van der Waals surface area contributed by atoms with Crippen LogP contribution in [0.2, 0.25) is 0 Å². The van der Waals surface area contributed by atoms with Crippen LogP contribution in [0.4, 0.5) is 10.1 Å². The van der Waals surface area contributed by atoms with Crippen molar-refractivity contribution in [1.29, 1.82) is 0 Å². The lowest BCUT2D eigenvalue weighted by Gasteiger charge is -2.12. The third-order valence-electron chi connectivity index (χ3n) is 5.03. The van der Waals surface area contributed by atoms with E-state index in [-0.39, 0.29) is 5.91 Å². The van der Waals surface area contributed by atoms with Crippen LogP contribution in [-0.4, -0.2) is 20.7 Å². The van der Waals surface area contributed by atoms with Crippen molar-refractivity contribution >= 4 is 27.5 Å². The third-order valence-corrected chi connectivity index (χ3v) is 5.69. The van der Waals surface area contributed by atoms with Crippen LogP contribution in [0.5, 0.6) is 0 Å². The molecule has 0 aliphatic carbocycles. The molecule has 0 saturated heterocycles. The molecule has 2 heterocycles. The summed E-state index contributed by atoms with van der Waals surface area (Å²) >= 11 is 3.25. The lowest BCUT2D eigenvalue weighted by molar-refractivity contribution is 0.102. The molecule has 7 heteroatoms. The summed E-state index contributed by atoms with van der Waals surface area (Å²) in [4.78, 5) is 12.7. The van der Waals surface area contributed by atoms with Crippen molar-refractivity contribution in [2.45, 2.75) is 39.2 Å². The van der Waals surface area contributed by atoms with E-state index < -0.39 is 5.82 Å². The molecule has 2 aromatic carbocycles. The van der Waals surface area contributed by atoms with Crippen molar-refractivity contribution in [2.75, 3.05) is 5.32 Å². The van der Waals surface area contributed by atoms with E-state index in [1.54, 1.807) is 0 Å². The molecule has 144 valence electrons. The number of fused-ring (bicyclic) bond motifs is 1. The highest BCUT2D eigenvalue weighted by Gasteiger charge is 2.18. The number of amides is 1. The molecule has 28 heavy (non-hydrogen) atoms. The Kier molecular flexibility index (Phi) is 5.26. The highest BCUT2D eigenvalue weighted by atomic mass is 79.9. The topological polar surface area (TPSA) is 59.8 Å². The Bertz CT molecular complexity index is 1050. The summed E-state index contributed by atoms with van der Waals surface area (Å²) in [6, 6.07) is 9.90. The molecule has 0 radical (unpaired) electrons. The van der Waals surface area contributed by atoms with Gasteiger partial charge in [-0.25, -0.2) is 4.39 Å². The van der Waals surface area contributed by atoms with Gasteiger partial charge in [-0.2, -0.15) is 0 Å². The molecule has 3 aromatic rings. The molecule has 0 unspecified atom stereocenters. The lowest BCUT2D eigenvalue weighted by atomic mass is 10.1. The van der Waals surface area contributed by atoms with Crippen LogP contribution in [0.3, 0.4) is 0 Å². The number of carbonyl (C=O) groups excluding carboxylic acids is 1. The third kappa shape index (κ3) is 3.71. The van der Waals surface area contributed by atoms with Crippen LogP contribution >= 0.6 is 15.9 Å². The first-order chi connectivity index (χ1) is 13.5. The van der Waals surface area contributed by atoms with Crippen LogP contribution in [0.1, 0.15) is 41.0 Å². The normalized spacial score (nSPS) is 13.7. The smallest absolute Gasteiger partial charge is 0.256 e. The Hall–Kier alpha value is -2.54. The minimum atomic E-state index is -0.394. The molecule has 4 rings (SSSR count). The van der Waals surface area contributed by atoms with E-state index in [4.69, 9.17) is 0 Å². The monoisotopic (exact) mass is 442 g/mol. The largest absolute Gasteiger partial charge is 0.322 e. The van der Waals surface area contributed by atoms with Crippen molar-refractivity contribution in [3.8, 4) is 11.4 Å². The van der Waals surface area contributed by atoms with Gasteiger partial charge in [0.05, 0.1) is 5.56 Å². The average molecular weight is 443 g/mol. The van der Waals surface area contributed by atoms with Crippen LogP contribution < -0.4 is 5.32 Å². The number of anilines is 1. The number of rotatable bonds is 3. The first kappa shape index (κ1) is 18.8. The molecule has 1 aliphatic rings. The maximum absolute atomic E-state index is 13.3. The molecule has 1 N–H and O–H groups in total. The summed E-state index contributed by atoms with van der Waals surface area (Å²) in [6.45, 7) is 2.85. The van der Waals surface area contributed by atoms with Gasteiger partial charge in [0.2, 0.25) is 0 Å². The molecule has 0 saturated carbocycles. The predicted octanol–water partition coefficient (Wildman–Crippen LogP) is 5.13. The van der Waals surface area contributed by atoms with Crippen LogP contribution in [0.15, 0.2) is 40.9 Å². The predicted molar refractivity (Wildman–Crippen MR) is 110 cm³/mol. The van der Waals surface area contributed by atoms with Crippen LogP contribution in [0.25, 0.3) is 11.4 Å². The van der Waals surface area contributed by atoms with Crippen LogP contribution in [-0.2, 0) is 13.0 Å². The first-order valence-electron chi connectivity index (χ1n) is 9.32. The Morgan fingerprint density at radius 1 is 1.14 bits per heavy atom. The second kappa shape index (κ2) is 7.83. The Morgan fingerprint density at radius 3 is 2.82 bits per heavy atom. The number of hydrogen-bond acceptors (Lipinski definition) is 3. The zero-order chi connectivity index (χ0) is 19.7. The summed E-state index contributed by atoms with van der Waals surface area (Å²) in [7, 11) is 0. The average Bonchev–Trinajstić information content (AvgIpc) is 2.91. The molecule has 1 amide bonds. The number of benzene rings is 2. The summed E-state index contributed by atoms with van der Waals surface area (Å²) in [5.74, 6) is 1.16. The van der Waals surface area contributed by atoms with Gasteiger partial charge >= 0.3 is 0 Å². The zero-order valence-corrected chi connectivity index (χ0v) is 17.1. The maximum Gasteiger partial charge on any atom is 0.256 e. The van der Waals surface area contributed by atoms with Crippen molar-refractivity contribution in [3.63, 3.8) is 0 Å². The van der Waals surface area contributed by atoms with Gasteiger partial charge < -0.3 is 9.88 Å². The first-order valence-corrected chi connectivity index (χ1v) is 10.1. The molecular formula is C21H20BrFN4O. The van der Waals surface area contributed by atoms with Crippen molar-refractivity contribution < 1.29 is 9.18 Å². The Balaban J connectivity index is 1.65. The molecule has 1 aliphatic heterocycles. The van der Waals surface area contributed by atoms with Gasteiger partial charge in [0.15, 0.2) is 5.82 Å². The van der Waals surface area contributed by atoms with Crippen LogP contribution in [0, 0.1) is 12.7 Å². The summed E-state index contributed by atoms with van der Waals surface area (Å²) < 4.78 is 15.9. The fourth-order valence-corrected chi connectivity index (χ4v) is 3.99. The molecule has 1 aromatic heterocycles. The molecule has 0 atom stereocenters. The van der Waals surface area contributed by atoms with Gasteiger partial charge in [-0.1, -0.05) is 18.6 Å². The fourth-order valence-electron chi connectivity index (χ4n) is 3.46. The number of aryl methyl sites for hydroxylation is 2. The van der Waals surface area contributed by atoms with Gasteiger partial charge in [0.1, 0.15) is 11.6 Å². The number of carbonyl (C=O) groups is 1. The van der Waals surface area contributed by atoms with E-state index >= 15 is 0 Å². The second-order valence-electron chi connectivity index (χ2n) is 7.01. The standard InChI is InChI=1S/C21H20BrFN4O/c1-13-6-7-14(20-26-25-19-5-3-2-4-10-27(19)20)11-18(13)24-21(28)16-9-8-15(23)12-17(16)22/h6-9,11-12H,2-5,10H2,1H3,(H,24,28). The highest BCUT2D eigenvalue weighted by Crippen LogP contribution is 2.28. The number of hydrogen-bond donors (Lipinski definition) is 1. The Labute approximate surface area is 171 Å². The van der Waals surface area contributed by atoms with Gasteiger partial charge in [-0.05, 0) is 65.5 Å². The minimum absolute atomic E-state index is 0.299. The SMILES string of the molecule is Cc1ccc(-c2nnc3n2CCCCC3)cc1NC(=O)c1ccc(F)cc1Br. The summed E-state index contributed by atoms with van der Waals surface area (Å²) in [5.41, 5.74) is 2.93. The van der Waals surface area contributed by atoms with E-state index in [1.165, 1.54) is 24.6 Å². The number of nitrogens with one attached hydrogen (secondary N) is 1.